The molecule has 0 bridgehead atoms. The van der Waals surface area contributed by atoms with Gasteiger partial charge < -0.3 is 4.90 Å². The predicted molar refractivity (Wildman–Crippen MR) is 75.7 cm³/mol. The van der Waals surface area contributed by atoms with Crippen LogP contribution in [0.3, 0.4) is 0 Å². The zero-order valence-electron chi connectivity index (χ0n) is 12.6. The number of nitrogens with zero attached hydrogens (tertiary/aromatic N) is 2. The third kappa shape index (κ3) is 5.38. The first kappa shape index (κ1) is 17.5. The minimum atomic E-state index is -4.32. The summed E-state index contributed by atoms with van der Waals surface area (Å²) in [6.45, 7) is 5.83. The number of amides is 1. The van der Waals surface area contributed by atoms with Crippen molar-refractivity contribution in [2.75, 3.05) is 26.7 Å². The Kier molecular flexibility index (Phi) is 6.20. The standard InChI is InChI=1S/C15H21F3N2O/c1-4-20(5-2)14(21)11-19(3)10-12-6-8-13(9-7-12)15(16,17)18/h6-9H,4-5,10-11H2,1-3H3. The number of rotatable bonds is 6. The van der Waals surface area contributed by atoms with E-state index in [0.29, 0.717) is 19.6 Å². The van der Waals surface area contributed by atoms with Crippen molar-refractivity contribution in [2.45, 2.75) is 26.6 Å². The molecule has 1 rings (SSSR count). The Balaban J connectivity index is 2.59. The number of carbonyl (C=O) groups is 1. The van der Waals surface area contributed by atoms with Crippen molar-refractivity contribution in [1.82, 2.24) is 9.80 Å². The molecule has 0 saturated carbocycles. The Bertz CT molecular complexity index is 453. The Morgan fingerprint density at radius 1 is 1.10 bits per heavy atom. The molecule has 6 heteroatoms. The van der Waals surface area contributed by atoms with Crippen LogP contribution in [-0.4, -0.2) is 42.4 Å². The molecule has 0 fully saturated rings. The quantitative estimate of drug-likeness (QED) is 0.806. The number of halogens is 3. The zero-order valence-corrected chi connectivity index (χ0v) is 12.6. The van der Waals surface area contributed by atoms with Crippen LogP contribution in [-0.2, 0) is 17.5 Å². The van der Waals surface area contributed by atoms with Gasteiger partial charge in [-0.2, -0.15) is 13.2 Å². The van der Waals surface area contributed by atoms with E-state index in [0.717, 1.165) is 17.7 Å². The molecule has 1 aromatic rings. The van der Waals surface area contributed by atoms with E-state index < -0.39 is 11.7 Å². The summed E-state index contributed by atoms with van der Waals surface area (Å²) >= 11 is 0. The molecule has 3 nitrogen and oxygen atoms in total. The lowest BCUT2D eigenvalue weighted by molar-refractivity contribution is -0.137. The summed E-state index contributed by atoms with van der Waals surface area (Å²) in [6, 6.07) is 5.02. The second-order valence-corrected chi connectivity index (χ2v) is 4.93. The minimum Gasteiger partial charge on any atom is -0.342 e. The number of hydrogen-bond acceptors (Lipinski definition) is 2. The minimum absolute atomic E-state index is 0.0226. The van der Waals surface area contributed by atoms with Crippen LogP contribution in [0.15, 0.2) is 24.3 Å². The highest BCUT2D eigenvalue weighted by Crippen LogP contribution is 2.29. The fraction of sp³-hybridized carbons (Fsp3) is 0.533. The molecule has 0 aromatic heterocycles. The van der Waals surface area contributed by atoms with Crippen LogP contribution >= 0.6 is 0 Å². The van der Waals surface area contributed by atoms with E-state index in [4.69, 9.17) is 0 Å². The van der Waals surface area contributed by atoms with E-state index in [9.17, 15) is 18.0 Å². The Morgan fingerprint density at radius 2 is 1.62 bits per heavy atom. The van der Waals surface area contributed by atoms with Gasteiger partial charge in [0, 0.05) is 19.6 Å². The number of alkyl halides is 3. The van der Waals surface area contributed by atoms with E-state index in [1.54, 1.807) is 16.8 Å². The molecule has 0 spiro atoms. The lowest BCUT2D eigenvalue weighted by atomic mass is 10.1. The largest absolute Gasteiger partial charge is 0.416 e. The van der Waals surface area contributed by atoms with Gasteiger partial charge in [0.2, 0.25) is 5.91 Å². The van der Waals surface area contributed by atoms with Crippen LogP contribution in [0.1, 0.15) is 25.0 Å². The molecule has 0 saturated heterocycles. The molecular weight excluding hydrogens is 281 g/mol. The van der Waals surface area contributed by atoms with Crippen molar-refractivity contribution >= 4 is 5.91 Å². The summed E-state index contributed by atoms with van der Waals surface area (Å²) < 4.78 is 37.4. The molecule has 21 heavy (non-hydrogen) atoms. The molecular formula is C15H21F3N2O. The van der Waals surface area contributed by atoms with Crippen LogP contribution in [0.2, 0.25) is 0 Å². The Morgan fingerprint density at radius 3 is 2.05 bits per heavy atom. The molecule has 0 unspecified atom stereocenters. The van der Waals surface area contributed by atoms with E-state index in [1.165, 1.54) is 12.1 Å². The third-order valence-corrected chi connectivity index (χ3v) is 3.26. The van der Waals surface area contributed by atoms with E-state index in [-0.39, 0.29) is 12.5 Å². The topological polar surface area (TPSA) is 23.6 Å². The highest BCUT2D eigenvalue weighted by Gasteiger charge is 2.29. The molecule has 0 heterocycles. The Labute approximate surface area is 123 Å². The molecule has 0 atom stereocenters. The van der Waals surface area contributed by atoms with Crippen molar-refractivity contribution in [3.63, 3.8) is 0 Å². The summed E-state index contributed by atoms with van der Waals surface area (Å²) in [4.78, 5) is 15.4. The van der Waals surface area contributed by atoms with Crippen LogP contribution in [0, 0.1) is 0 Å². The van der Waals surface area contributed by atoms with Crippen molar-refractivity contribution in [3.05, 3.63) is 35.4 Å². The highest BCUT2D eigenvalue weighted by atomic mass is 19.4. The van der Waals surface area contributed by atoms with Crippen LogP contribution < -0.4 is 0 Å². The lowest BCUT2D eigenvalue weighted by Gasteiger charge is -2.23. The van der Waals surface area contributed by atoms with Gasteiger partial charge in [-0.15, -0.1) is 0 Å². The molecule has 0 N–H and O–H groups in total. The average Bonchev–Trinajstić information content (AvgIpc) is 2.39. The predicted octanol–water partition coefficient (Wildman–Crippen LogP) is 3.01. The maximum Gasteiger partial charge on any atom is 0.416 e. The van der Waals surface area contributed by atoms with Crippen LogP contribution in [0.25, 0.3) is 0 Å². The lowest BCUT2D eigenvalue weighted by Crippen LogP contribution is -2.38. The molecule has 0 aliphatic heterocycles. The molecule has 1 amide bonds. The fourth-order valence-electron chi connectivity index (χ4n) is 2.07. The number of hydrogen-bond donors (Lipinski definition) is 0. The monoisotopic (exact) mass is 302 g/mol. The van der Waals surface area contributed by atoms with Gasteiger partial charge in [0.15, 0.2) is 0 Å². The van der Waals surface area contributed by atoms with Crippen LogP contribution in [0.4, 0.5) is 13.2 Å². The first-order chi connectivity index (χ1) is 9.77. The van der Waals surface area contributed by atoms with Gasteiger partial charge in [0.05, 0.1) is 12.1 Å². The smallest absolute Gasteiger partial charge is 0.342 e. The number of benzene rings is 1. The first-order valence-corrected chi connectivity index (χ1v) is 6.90. The summed E-state index contributed by atoms with van der Waals surface area (Å²) in [5.41, 5.74) is 0.0889. The summed E-state index contributed by atoms with van der Waals surface area (Å²) in [5, 5.41) is 0. The maximum absolute atomic E-state index is 12.5. The zero-order chi connectivity index (χ0) is 16.0. The molecule has 0 aliphatic carbocycles. The van der Waals surface area contributed by atoms with Gasteiger partial charge in [-0.05, 0) is 38.6 Å². The van der Waals surface area contributed by atoms with Gasteiger partial charge in [0.1, 0.15) is 0 Å². The third-order valence-electron chi connectivity index (χ3n) is 3.26. The van der Waals surface area contributed by atoms with Gasteiger partial charge >= 0.3 is 6.18 Å². The van der Waals surface area contributed by atoms with Crippen molar-refractivity contribution < 1.29 is 18.0 Å². The second kappa shape index (κ2) is 7.45. The van der Waals surface area contributed by atoms with Crippen molar-refractivity contribution in [3.8, 4) is 0 Å². The van der Waals surface area contributed by atoms with E-state index >= 15 is 0 Å². The SMILES string of the molecule is CCN(CC)C(=O)CN(C)Cc1ccc(C(F)(F)F)cc1. The summed E-state index contributed by atoms with van der Waals surface area (Å²) in [6.07, 6.45) is -4.32. The Hall–Kier alpha value is -1.56. The van der Waals surface area contributed by atoms with Gasteiger partial charge in [-0.25, -0.2) is 0 Å². The van der Waals surface area contributed by atoms with Gasteiger partial charge in [-0.1, -0.05) is 12.1 Å². The first-order valence-electron chi connectivity index (χ1n) is 6.90. The fourth-order valence-corrected chi connectivity index (χ4v) is 2.07. The van der Waals surface area contributed by atoms with Gasteiger partial charge in [0.25, 0.3) is 0 Å². The van der Waals surface area contributed by atoms with Crippen molar-refractivity contribution in [2.24, 2.45) is 0 Å². The second-order valence-electron chi connectivity index (χ2n) is 4.93. The summed E-state index contributed by atoms with van der Waals surface area (Å²) in [5.74, 6) is 0.0226. The maximum atomic E-state index is 12.5. The molecule has 1 aromatic carbocycles. The molecule has 0 radical (unpaired) electrons. The molecule has 118 valence electrons. The highest BCUT2D eigenvalue weighted by molar-refractivity contribution is 5.78. The van der Waals surface area contributed by atoms with E-state index in [2.05, 4.69) is 0 Å². The van der Waals surface area contributed by atoms with Crippen molar-refractivity contribution in [1.29, 1.82) is 0 Å². The molecule has 0 aliphatic rings. The van der Waals surface area contributed by atoms with Gasteiger partial charge in [-0.3, -0.25) is 9.69 Å². The summed E-state index contributed by atoms with van der Waals surface area (Å²) in [7, 11) is 1.78. The van der Waals surface area contributed by atoms with Crippen LogP contribution in [0.5, 0.6) is 0 Å². The normalized spacial score (nSPS) is 11.8. The average molecular weight is 302 g/mol. The van der Waals surface area contributed by atoms with E-state index in [1.807, 2.05) is 13.8 Å². The number of likely N-dealkylation sites (N-methyl/N-ethyl adjacent to an activating group) is 2. The number of carbonyl (C=O) groups excluding carboxylic acids is 1.